The van der Waals surface area contributed by atoms with E-state index in [-0.39, 0.29) is 18.1 Å². The minimum Gasteiger partial charge on any atom is -0.496 e. The summed E-state index contributed by atoms with van der Waals surface area (Å²) in [4.78, 5) is 27.2. The van der Waals surface area contributed by atoms with Gasteiger partial charge in [0, 0.05) is 12.3 Å². The number of thiazole rings is 1. The molecule has 2 aromatic rings. The zero-order valence-corrected chi connectivity index (χ0v) is 12.9. The van der Waals surface area contributed by atoms with E-state index < -0.39 is 0 Å². The van der Waals surface area contributed by atoms with E-state index in [0.717, 1.165) is 16.9 Å². The van der Waals surface area contributed by atoms with E-state index in [0.29, 0.717) is 10.8 Å². The molecule has 0 saturated heterocycles. The number of hydrogen-bond donors (Lipinski definition) is 1. The number of aryl methyl sites for hydroxylation is 1. The molecule has 1 aromatic carbocycles. The number of carbonyl (C=O) groups excluding carboxylic acids is 2. The number of nitrogens with one attached hydrogen (secondary N) is 1. The Balaban J connectivity index is 2.02. The predicted octanol–water partition coefficient (Wildman–Crippen LogP) is 2.84. The maximum Gasteiger partial charge on any atom is 0.230 e. The normalized spacial score (nSPS) is 10.2. The molecule has 0 aliphatic heterocycles. The van der Waals surface area contributed by atoms with Crippen molar-refractivity contribution in [2.45, 2.75) is 20.3 Å². The topological polar surface area (TPSA) is 68.3 Å². The number of amides is 1. The van der Waals surface area contributed by atoms with Gasteiger partial charge in [-0.2, -0.15) is 0 Å². The Labute approximate surface area is 127 Å². The standard InChI is InChI=1S/C15H16N2O3S/c1-9-4-5-11(6-13(9)20-3)7-14(19)17-15-16-12(8-21-15)10(2)18/h4-6,8H,7H2,1-3H3,(H,16,17,19). The van der Waals surface area contributed by atoms with Crippen LogP contribution in [-0.2, 0) is 11.2 Å². The summed E-state index contributed by atoms with van der Waals surface area (Å²) in [6.45, 7) is 3.39. The van der Waals surface area contributed by atoms with Crippen molar-refractivity contribution in [2.24, 2.45) is 0 Å². The van der Waals surface area contributed by atoms with Crippen LogP contribution in [-0.4, -0.2) is 23.8 Å². The molecule has 0 fully saturated rings. The Morgan fingerprint density at radius 2 is 2.14 bits per heavy atom. The third-order valence-corrected chi connectivity index (χ3v) is 3.71. The van der Waals surface area contributed by atoms with Crippen molar-refractivity contribution in [1.29, 1.82) is 0 Å². The first-order valence-electron chi connectivity index (χ1n) is 6.39. The molecule has 0 radical (unpaired) electrons. The highest BCUT2D eigenvalue weighted by Crippen LogP contribution is 2.20. The van der Waals surface area contributed by atoms with Crippen LogP contribution in [0.1, 0.15) is 28.5 Å². The molecule has 1 N–H and O–H groups in total. The van der Waals surface area contributed by atoms with E-state index in [1.165, 1.54) is 18.3 Å². The van der Waals surface area contributed by atoms with Gasteiger partial charge in [-0.25, -0.2) is 4.98 Å². The van der Waals surface area contributed by atoms with Gasteiger partial charge in [0.05, 0.1) is 13.5 Å². The number of benzene rings is 1. The smallest absolute Gasteiger partial charge is 0.230 e. The van der Waals surface area contributed by atoms with Crippen LogP contribution in [0.25, 0.3) is 0 Å². The van der Waals surface area contributed by atoms with Gasteiger partial charge in [0.15, 0.2) is 10.9 Å². The highest BCUT2D eigenvalue weighted by Gasteiger charge is 2.10. The molecule has 1 aromatic heterocycles. The first-order valence-corrected chi connectivity index (χ1v) is 7.27. The number of carbonyl (C=O) groups is 2. The summed E-state index contributed by atoms with van der Waals surface area (Å²) in [6.07, 6.45) is 0.228. The molecule has 5 nitrogen and oxygen atoms in total. The summed E-state index contributed by atoms with van der Waals surface area (Å²) in [5, 5.41) is 4.76. The van der Waals surface area contributed by atoms with Crippen LogP contribution >= 0.6 is 11.3 Å². The SMILES string of the molecule is COc1cc(CC(=O)Nc2nc(C(C)=O)cs2)ccc1C. The van der Waals surface area contributed by atoms with E-state index in [9.17, 15) is 9.59 Å². The number of methoxy groups -OCH3 is 1. The third kappa shape index (κ3) is 3.88. The molecule has 110 valence electrons. The van der Waals surface area contributed by atoms with Gasteiger partial charge in [0.1, 0.15) is 11.4 Å². The fourth-order valence-electron chi connectivity index (χ4n) is 1.82. The summed E-state index contributed by atoms with van der Waals surface area (Å²) in [5.74, 6) is 0.466. The van der Waals surface area contributed by atoms with Crippen molar-refractivity contribution in [3.8, 4) is 5.75 Å². The Morgan fingerprint density at radius 3 is 2.76 bits per heavy atom. The second kappa shape index (κ2) is 6.49. The van der Waals surface area contributed by atoms with E-state index in [1.54, 1.807) is 12.5 Å². The molecule has 2 rings (SSSR count). The molecule has 0 aliphatic carbocycles. The number of aromatic nitrogens is 1. The van der Waals surface area contributed by atoms with E-state index in [4.69, 9.17) is 4.74 Å². The molecule has 21 heavy (non-hydrogen) atoms. The number of ether oxygens (including phenoxy) is 1. The summed E-state index contributed by atoms with van der Waals surface area (Å²) >= 11 is 1.24. The van der Waals surface area contributed by atoms with Crippen molar-refractivity contribution < 1.29 is 14.3 Å². The number of rotatable bonds is 5. The van der Waals surface area contributed by atoms with E-state index in [1.807, 2.05) is 25.1 Å². The monoisotopic (exact) mass is 304 g/mol. The van der Waals surface area contributed by atoms with Crippen molar-refractivity contribution in [2.75, 3.05) is 12.4 Å². The summed E-state index contributed by atoms with van der Waals surface area (Å²) in [6, 6.07) is 5.65. The fourth-order valence-corrected chi connectivity index (χ4v) is 2.58. The molecule has 0 unspecified atom stereocenters. The largest absolute Gasteiger partial charge is 0.496 e. The zero-order chi connectivity index (χ0) is 15.4. The van der Waals surface area contributed by atoms with E-state index >= 15 is 0 Å². The number of hydrogen-bond acceptors (Lipinski definition) is 5. The van der Waals surface area contributed by atoms with Crippen molar-refractivity contribution >= 4 is 28.2 Å². The molecular weight excluding hydrogens is 288 g/mol. The predicted molar refractivity (Wildman–Crippen MR) is 82.2 cm³/mol. The van der Waals surface area contributed by atoms with Crippen LogP contribution in [0.3, 0.4) is 0 Å². The Bertz CT molecular complexity index is 679. The molecule has 1 amide bonds. The highest BCUT2D eigenvalue weighted by atomic mass is 32.1. The van der Waals surface area contributed by atoms with Gasteiger partial charge in [-0.15, -0.1) is 11.3 Å². The number of ketones is 1. The second-order valence-corrected chi connectivity index (χ2v) is 5.48. The maximum absolute atomic E-state index is 12.0. The lowest BCUT2D eigenvalue weighted by Gasteiger charge is -2.07. The van der Waals surface area contributed by atoms with Crippen molar-refractivity contribution in [3.05, 3.63) is 40.4 Å². The number of nitrogens with zero attached hydrogens (tertiary/aromatic N) is 1. The molecule has 6 heteroatoms. The van der Waals surface area contributed by atoms with Gasteiger partial charge in [-0.1, -0.05) is 12.1 Å². The minimum atomic E-state index is -0.176. The van der Waals surface area contributed by atoms with Crippen LogP contribution in [0.4, 0.5) is 5.13 Å². The number of anilines is 1. The lowest BCUT2D eigenvalue weighted by atomic mass is 10.1. The van der Waals surface area contributed by atoms with Gasteiger partial charge < -0.3 is 10.1 Å². The average Bonchev–Trinajstić information content (AvgIpc) is 2.89. The first kappa shape index (κ1) is 15.2. The van der Waals surface area contributed by atoms with Gasteiger partial charge in [-0.3, -0.25) is 9.59 Å². The van der Waals surface area contributed by atoms with Crippen LogP contribution in [0.15, 0.2) is 23.6 Å². The Kier molecular flexibility index (Phi) is 4.70. The molecular formula is C15H16N2O3S. The summed E-state index contributed by atoms with van der Waals surface area (Å²) < 4.78 is 5.24. The first-order chi connectivity index (χ1) is 9.99. The molecule has 0 atom stereocenters. The maximum atomic E-state index is 12.0. The average molecular weight is 304 g/mol. The van der Waals surface area contributed by atoms with E-state index in [2.05, 4.69) is 10.3 Å². The van der Waals surface area contributed by atoms with Crippen LogP contribution in [0.5, 0.6) is 5.75 Å². The Morgan fingerprint density at radius 1 is 1.38 bits per heavy atom. The van der Waals surface area contributed by atoms with Crippen LogP contribution in [0, 0.1) is 6.92 Å². The quantitative estimate of drug-likeness (QED) is 0.862. The van der Waals surface area contributed by atoms with Gasteiger partial charge in [0.2, 0.25) is 5.91 Å². The highest BCUT2D eigenvalue weighted by molar-refractivity contribution is 7.14. The minimum absolute atomic E-state index is 0.116. The molecule has 0 saturated carbocycles. The van der Waals surface area contributed by atoms with Crippen LogP contribution in [0.2, 0.25) is 0 Å². The summed E-state index contributed by atoms with van der Waals surface area (Å²) in [7, 11) is 1.60. The lowest BCUT2D eigenvalue weighted by molar-refractivity contribution is -0.115. The van der Waals surface area contributed by atoms with Crippen molar-refractivity contribution in [3.63, 3.8) is 0 Å². The second-order valence-electron chi connectivity index (χ2n) is 4.62. The molecule has 1 heterocycles. The molecule has 0 spiro atoms. The third-order valence-electron chi connectivity index (χ3n) is 2.95. The fraction of sp³-hybridized carbons (Fsp3) is 0.267. The van der Waals surface area contributed by atoms with Crippen LogP contribution < -0.4 is 10.1 Å². The van der Waals surface area contributed by atoms with Crippen molar-refractivity contribution in [1.82, 2.24) is 4.98 Å². The number of Topliss-reactive ketones (excluding diaryl/α,β-unsaturated/α-hetero) is 1. The van der Waals surface area contributed by atoms with Gasteiger partial charge >= 0.3 is 0 Å². The zero-order valence-electron chi connectivity index (χ0n) is 12.1. The Hall–Kier alpha value is -2.21. The molecule has 0 aliphatic rings. The van der Waals surface area contributed by atoms with Gasteiger partial charge in [-0.05, 0) is 24.1 Å². The summed E-state index contributed by atoms with van der Waals surface area (Å²) in [5.41, 5.74) is 2.25. The molecule has 0 bridgehead atoms. The van der Waals surface area contributed by atoms with Gasteiger partial charge in [0.25, 0.3) is 0 Å². The lowest BCUT2D eigenvalue weighted by Crippen LogP contribution is -2.14.